The molecule has 0 aromatic heterocycles. The highest BCUT2D eigenvalue weighted by molar-refractivity contribution is 5.73. The number of ether oxygens (including phenoxy) is 1. The summed E-state index contributed by atoms with van der Waals surface area (Å²) in [4.78, 5) is 21.6. The molecule has 0 aliphatic carbocycles. The van der Waals surface area contributed by atoms with E-state index in [1.165, 1.54) is 11.1 Å². The third-order valence-corrected chi connectivity index (χ3v) is 4.45. The first-order chi connectivity index (χ1) is 11.2. The number of rotatable bonds is 11. The molecule has 0 fully saturated rings. The zero-order valence-corrected chi connectivity index (χ0v) is 15.3. The molecule has 1 rings (SSSR count). The van der Waals surface area contributed by atoms with Gasteiger partial charge >= 0.3 is 5.97 Å². The molecule has 0 atom stereocenters. The van der Waals surface area contributed by atoms with E-state index in [2.05, 4.69) is 24.3 Å². The fourth-order valence-electron chi connectivity index (χ4n) is 2.69. The van der Waals surface area contributed by atoms with E-state index in [0.29, 0.717) is 12.9 Å². The van der Waals surface area contributed by atoms with Crippen LogP contribution in [0.3, 0.4) is 0 Å². The lowest BCUT2D eigenvalue weighted by molar-refractivity contribution is -0.147. The topological polar surface area (TPSA) is 63.6 Å². The summed E-state index contributed by atoms with van der Waals surface area (Å²) in [6.45, 7) is 7.90. The van der Waals surface area contributed by atoms with Crippen LogP contribution in [0.1, 0.15) is 64.5 Å². The van der Waals surface area contributed by atoms with Crippen molar-refractivity contribution in [1.29, 1.82) is 0 Å². The zero-order chi connectivity index (χ0) is 18.2. The Morgan fingerprint density at radius 3 is 2.12 bits per heavy atom. The fourth-order valence-corrected chi connectivity index (χ4v) is 2.69. The van der Waals surface area contributed by atoms with Gasteiger partial charge in [0.15, 0.2) is 0 Å². The molecule has 0 unspecified atom stereocenters. The smallest absolute Gasteiger partial charge is 0.309 e. The van der Waals surface area contributed by atoms with E-state index in [-0.39, 0.29) is 0 Å². The van der Waals surface area contributed by atoms with Gasteiger partial charge in [0.1, 0.15) is 5.60 Å². The summed E-state index contributed by atoms with van der Waals surface area (Å²) in [5.41, 5.74) is 1.44. The molecule has 0 aliphatic heterocycles. The minimum atomic E-state index is -0.739. The Morgan fingerprint density at radius 1 is 1.08 bits per heavy atom. The van der Waals surface area contributed by atoms with Gasteiger partial charge in [-0.25, -0.2) is 0 Å². The summed E-state index contributed by atoms with van der Waals surface area (Å²) in [7, 11) is 0. The molecule has 4 heteroatoms. The Hall–Kier alpha value is -1.84. The minimum Gasteiger partial charge on any atom is -0.481 e. The van der Waals surface area contributed by atoms with E-state index < -0.39 is 17.0 Å². The van der Waals surface area contributed by atoms with Crippen LogP contribution in [-0.4, -0.2) is 23.1 Å². The summed E-state index contributed by atoms with van der Waals surface area (Å²) in [5, 5.41) is 9.15. The molecule has 4 nitrogen and oxygen atoms in total. The van der Waals surface area contributed by atoms with Crippen molar-refractivity contribution >= 4 is 12.4 Å². The van der Waals surface area contributed by atoms with Gasteiger partial charge in [0, 0.05) is 0 Å². The van der Waals surface area contributed by atoms with Gasteiger partial charge in [-0.05, 0) is 77.3 Å². The molecular formula is C20H30O4. The Morgan fingerprint density at radius 2 is 1.62 bits per heavy atom. The summed E-state index contributed by atoms with van der Waals surface area (Å²) in [5.74, 6) is -0.739. The SMILES string of the molecule is CC(C)(CCCc1cccc(CCCC(C)(C)C(=O)O)c1)OC=O. The van der Waals surface area contributed by atoms with Gasteiger partial charge in [-0.15, -0.1) is 0 Å². The molecule has 0 aliphatic rings. The van der Waals surface area contributed by atoms with Crippen LogP contribution in [0.2, 0.25) is 0 Å². The fraction of sp³-hybridized carbons (Fsp3) is 0.600. The van der Waals surface area contributed by atoms with Gasteiger partial charge in [0.2, 0.25) is 0 Å². The van der Waals surface area contributed by atoms with Crippen molar-refractivity contribution in [3.05, 3.63) is 35.4 Å². The molecular weight excluding hydrogens is 304 g/mol. The van der Waals surface area contributed by atoms with E-state index in [9.17, 15) is 9.59 Å². The monoisotopic (exact) mass is 334 g/mol. The van der Waals surface area contributed by atoms with Crippen molar-refractivity contribution in [1.82, 2.24) is 0 Å². The van der Waals surface area contributed by atoms with Crippen LogP contribution >= 0.6 is 0 Å². The third-order valence-electron chi connectivity index (χ3n) is 4.45. The number of hydrogen-bond donors (Lipinski definition) is 1. The van der Waals surface area contributed by atoms with Crippen LogP contribution in [0.25, 0.3) is 0 Å². The van der Waals surface area contributed by atoms with E-state index in [1.54, 1.807) is 13.8 Å². The van der Waals surface area contributed by atoms with Crippen LogP contribution in [0.5, 0.6) is 0 Å². The zero-order valence-electron chi connectivity index (χ0n) is 15.3. The lowest BCUT2D eigenvalue weighted by atomic mass is 9.86. The highest BCUT2D eigenvalue weighted by Crippen LogP contribution is 2.24. The van der Waals surface area contributed by atoms with Gasteiger partial charge in [0.25, 0.3) is 6.47 Å². The van der Waals surface area contributed by atoms with E-state index >= 15 is 0 Å². The maximum absolute atomic E-state index is 11.1. The number of carboxylic acid groups (broad SMARTS) is 1. The lowest BCUT2D eigenvalue weighted by Gasteiger charge is -2.22. The number of carbonyl (C=O) groups is 2. The molecule has 0 spiro atoms. The van der Waals surface area contributed by atoms with Crippen molar-refractivity contribution in [3.63, 3.8) is 0 Å². The third kappa shape index (κ3) is 7.16. The summed E-state index contributed by atoms with van der Waals surface area (Å²) < 4.78 is 5.07. The summed E-state index contributed by atoms with van der Waals surface area (Å²) >= 11 is 0. The first kappa shape index (κ1) is 20.2. The molecule has 0 saturated heterocycles. The standard InChI is InChI=1S/C20H30O4/c1-19(2,18(22)23)12-6-10-16-8-5-9-17(14-16)11-7-13-20(3,4)24-15-21/h5,8-9,14-15H,6-7,10-13H2,1-4H3,(H,22,23). The van der Waals surface area contributed by atoms with E-state index in [4.69, 9.17) is 9.84 Å². The molecule has 0 amide bonds. The minimum absolute atomic E-state index is 0.415. The Bertz CT molecular complexity index is 546. The van der Waals surface area contributed by atoms with Crippen LogP contribution in [0, 0.1) is 5.41 Å². The predicted octanol–water partition coefficient (Wildman–Crippen LogP) is 4.39. The van der Waals surface area contributed by atoms with E-state index in [0.717, 1.165) is 32.1 Å². The summed E-state index contributed by atoms with van der Waals surface area (Å²) in [6, 6.07) is 8.45. The second kappa shape index (κ2) is 8.86. The normalized spacial score (nSPS) is 12.0. The molecule has 0 heterocycles. The maximum Gasteiger partial charge on any atom is 0.309 e. The van der Waals surface area contributed by atoms with Gasteiger partial charge in [0.05, 0.1) is 5.41 Å². The number of carbonyl (C=O) groups excluding carboxylic acids is 1. The molecule has 0 saturated carbocycles. The van der Waals surface area contributed by atoms with Crippen LogP contribution in [0.15, 0.2) is 24.3 Å². The van der Waals surface area contributed by atoms with Crippen molar-refractivity contribution < 1.29 is 19.4 Å². The number of benzene rings is 1. The summed E-state index contributed by atoms with van der Waals surface area (Å²) in [6.07, 6.45) is 5.15. The maximum atomic E-state index is 11.1. The van der Waals surface area contributed by atoms with Crippen molar-refractivity contribution in [2.75, 3.05) is 0 Å². The highest BCUT2D eigenvalue weighted by atomic mass is 16.5. The molecule has 0 bridgehead atoms. The van der Waals surface area contributed by atoms with Crippen molar-refractivity contribution in [2.45, 2.75) is 71.8 Å². The first-order valence-electron chi connectivity index (χ1n) is 8.59. The number of aryl methyl sites for hydroxylation is 2. The molecule has 1 aromatic rings. The van der Waals surface area contributed by atoms with Gasteiger partial charge < -0.3 is 9.84 Å². The highest BCUT2D eigenvalue weighted by Gasteiger charge is 2.26. The molecule has 1 aromatic carbocycles. The average Bonchev–Trinajstić information content (AvgIpc) is 2.47. The molecule has 0 radical (unpaired) electrons. The molecule has 134 valence electrons. The largest absolute Gasteiger partial charge is 0.481 e. The number of carboxylic acids is 1. The number of aliphatic carboxylic acids is 1. The van der Waals surface area contributed by atoms with Gasteiger partial charge in [-0.1, -0.05) is 24.3 Å². The Labute approximate surface area is 145 Å². The van der Waals surface area contributed by atoms with Gasteiger partial charge in [-0.3, -0.25) is 9.59 Å². The van der Waals surface area contributed by atoms with Crippen molar-refractivity contribution in [3.8, 4) is 0 Å². The molecule has 24 heavy (non-hydrogen) atoms. The van der Waals surface area contributed by atoms with Crippen LogP contribution < -0.4 is 0 Å². The van der Waals surface area contributed by atoms with Crippen LogP contribution in [-0.2, 0) is 27.2 Å². The second-order valence-electron chi connectivity index (χ2n) is 7.69. The molecule has 1 N–H and O–H groups in total. The Kier molecular flexibility index (Phi) is 7.46. The first-order valence-corrected chi connectivity index (χ1v) is 8.59. The van der Waals surface area contributed by atoms with E-state index in [1.807, 2.05) is 13.8 Å². The quantitative estimate of drug-likeness (QED) is 0.609. The lowest BCUT2D eigenvalue weighted by Crippen LogP contribution is -2.23. The van der Waals surface area contributed by atoms with Crippen molar-refractivity contribution in [2.24, 2.45) is 5.41 Å². The average molecular weight is 334 g/mol. The van der Waals surface area contributed by atoms with Gasteiger partial charge in [-0.2, -0.15) is 0 Å². The number of hydrogen-bond acceptors (Lipinski definition) is 3. The second-order valence-corrected chi connectivity index (χ2v) is 7.69. The van der Waals surface area contributed by atoms with Crippen LogP contribution in [0.4, 0.5) is 0 Å². The predicted molar refractivity (Wildman–Crippen MR) is 95.0 cm³/mol. The Balaban J connectivity index is 2.46.